The molecule has 0 aromatic carbocycles. The van der Waals surface area contributed by atoms with Crippen LogP contribution in [0.1, 0.15) is 16.1 Å². The molecular weight excluding hydrogens is 399 g/mol. The number of amides is 1. The fourth-order valence-electron chi connectivity index (χ4n) is 1.44. The Hall–Kier alpha value is -1.57. The Kier molecular flexibility index (Phi) is 5.44. The maximum absolute atomic E-state index is 11.7. The van der Waals surface area contributed by atoms with Crippen LogP contribution in [0.3, 0.4) is 0 Å². The van der Waals surface area contributed by atoms with Crippen molar-refractivity contribution in [1.29, 1.82) is 0 Å². The minimum absolute atomic E-state index is 0.0156. The van der Waals surface area contributed by atoms with E-state index in [9.17, 15) is 9.59 Å². The minimum Gasteiger partial charge on any atom is -0.450 e. The quantitative estimate of drug-likeness (QED) is 0.778. The summed E-state index contributed by atoms with van der Waals surface area (Å²) in [6, 6.07) is 2.96. The monoisotopic (exact) mass is 406 g/mol. The lowest BCUT2D eigenvalue weighted by Gasteiger charge is -2.09. The summed E-state index contributed by atoms with van der Waals surface area (Å²) in [5.74, 6) is -1.22. The fraction of sp³-hybridized carbons (Fsp3) is 0.154. The van der Waals surface area contributed by atoms with E-state index < -0.39 is 18.5 Å². The third kappa shape index (κ3) is 4.00. The van der Waals surface area contributed by atoms with Crippen LogP contribution in [0.4, 0.5) is 5.82 Å². The van der Waals surface area contributed by atoms with E-state index in [-0.39, 0.29) is 16.6 Å². The van der Waals surface area contributed by atoms with Gasteiger partial charge in [0.2, 0.25) is 5.76 Å². The molecule has 9 heteroatoms. The molecule has 2 aromatic heterocycles. The molecule has 1 N–H and O–H groups in total. The molecule has 0 saturated heterocycles. The summed E-state index contributed by atoms with van der Waals surface area (Å²) in [5.41, 5.74) is 0.589. The van der Waals surface area contributed by atoms with Gasteiger partial charge in [0.1, 0.15) is 0 Å². The Labute approximate surface area is 143 Å². The fourth-order valence-corrected chi connectivity index (χ4v) is 2.13. The first kappa shape index (κ1) is 16.8. The average Bonchev–Trinajstić information content (AvgIpc) is 2.92. The maximum atomic E-state index is 11.7. The number of rotatable bonds is 4. The van der Waals surface area contributed by atoms with Crippen molar-refractivity contribution < 1.29 is 18.7 Å². The van der Waals surface area contributed by atoms with Crippen molar-refractivity contribution in [2.75, 3.05) is 11.9 Å². The van der Waals surface area contributed by atoms with Crippen LogP contribution in [0.25, 0.3) is 0 Å². The van der Waals surface area contributed by atoms with Crippen LogP contribution in [-0.4, -0.2) is 23.5 Å². The molecule has 0 radical (unpaired) electrons. The van der Waals surface area contributed by atoms with Gasteiger partial charge < -0.3 is 14.5 Å². The van der Waals surface area contributed by atoms with Crippen molar-refractivity contribution in [2.45, 2.75) is 6.92 Å². The highest BCUT2D eigenvalue weighted by atomic mass is 79.9. The van der Waals surface area contributed by atoms with Crippen LogP contribution in [-0.2, 0) is 9.53 Å². The Morgan fingerprint density at radius 3 is 2.77 bits per heavy atom. The zero-order chi connectivity index (χ0) is 16.3. The molecule has 0 aliphatic rings. The standard InChI is InChI=1S/C13H9BrCl2N2O4/c1-6-7(15)4-17-12(11(6)16)18-10(19)5-21-13(20)8-2-3-9(14)22-8/h2-4H,5H2,1H3,(H,17,18,19). The lowest BCUT2D eigenvalue weighted by molar-refractivity contribution is -0.119. The molecule has 6 nitrogen and oxygen atoms in total. The zero-order valence-corrected chi connectivity index (χ0v) is 14.3. The first-order chi connectivity index (χ1) is 10.4. The van der Waals surface area contributed by atoms with E-state index in [1.54, 1.807) is 6.92 Å². The third-order valence-electron chi connectivity index (χ3n) is 2.57. The number of halogens is 3. The number of hydrogen-bond acceptors (Lipinski definition) is 5. The van der Waals surface area contributed by atoms with Gasteiger partial charge in [-0.15, -0.1) is 0 Å². The minimum atomic E-state index is -0.757. The first-order valence-corrected chi connectivity index (χ1v) is 7.46. The van der Waals surface area contributed by atoms with Gasteiger partial charge in [0.15, 0.2) is 17.1 Å². The number of carbonyl (C=O) groups is 2. The van der Waals surface area contributed by atoms with E-state index in [0.29, 0.717) is 15.3 Å². The van der Waals surface area contributed by atoms with E-state index in [0.717, 1.165) is 0 Å². The number of pyridine rings is 1. The molecule has 116 valence electrons. The van der Waals surface area contributed by atoms with Crippen LogP contribution in [0, 0.1) is 6.92 Å². The van der Waals surface area contributed by atoms with Crippen LogP contribution in [0.15, 0.2) is 27.4 Å². The number of furan rings is 1. The largest absolute Gasteiger partial charge is 0.450 e. The molecule has 0 bridgehead atoms. The molecule has 22 heavy (non-hydrogen) atoms. The number of nitrogens with zero attached hydrogens (tertiary/aromatic N) is 1. The van der Waals surface area contributed by atoms with Crippen molar-refractivity contribution in [3.05, 3.63) is 44.4 Å². The predicted molar refractivity (Wildman–Crippen MR) is 84.3 cm³/mol. The van der Waals surface area contributed by atoms with Crippen LogP contribution < -0.4 is 5.32 Å². The molecule has 0 aliphatic heterocycles. The molecule has 0 fully saturated rings. The van der Waals surface area contributed by atoms with E-state index in [2.05, 4.69) is 26.2 Å². The van der Waals surface area contributed by atoms with Crippen molar-refractivity contribution in [3.8, 4) is 0 Å². The highest BCUT2D eigenvalue weighted by molar-refractivity contribution is 9.10. The van der Waals surface area contributed by atoms with Crippen molar-refractivity contribution in [1.82, 2.24) is 4.98 Å². The summed E-state index contributed by atoms with van der Waals surface area (Å²) in [5, 5.41) is 3.04. The van der Waals surface area contributed by atoms with Gasteiger partial charge in [-0.05, 0) is 40.5 Å². The number of anilines is 1. The molecule has 2 aromatic rings. The molecule has 0 aliphatic carbocycles. The lowest BCUT2D eigenvalue weighted by atomic mass is 10.3. The van der Waals surface area contributed by atoms with E-state index in [1.807, 2.05) is 0 Å². The predicted octanol–water partition coefficient (Wildman–Crippen LogP) is 3.85. The van der Waals surface area contributed by atoms with Gasteiger partial charge in [0, 0.05) is 6.20 Å². The van der Waals surface area contributed by atoms with Crippen molar-refractivity contribution in [3.63, 3.8) is 0 Å². The summed E-state index contributed by atoms with van der Waals surface area (Å²) >= 11 is 14.9. The van der Waals surface area contributed by atoms with Gasteiger partial charge >= 0.3 is 5.97 Å². The smallest absolute Gasteiger partial charge is 0.374 e. The van der Waals surface area contributed by atoms with Gasteiger partial charge in [-0.25, -0.2) is 9.78 Å². The second-order valence-electron chi connectivity index (χ2n) is 4.12. The first-order valence-electron chi connectivity index (χ1n) is 5.91. The number of carbonyl (C=O) groups excluding carboxylic acids is 2. The highest BCUT2D eigenvalue weighted by Gasteiger charge is 2.16. The molecule has 0 unspecified atom stereocenters. The van der Waals surface area contributed by atoms with E-state index >= 15 is 0 Å². The van der Waals surface area contributed by atoms with Gasteiger partial charge in [0.25, 0.3) is 5.91 Å². The number of aromatic nitrogens is 1. The van der Waals surface area contributed by atoms with Crippen molar-refractivity contribution in [2.24, 2.45) is 0 Å². The van der Waals surface area contributed by atoms with Gasteiger partial charge in [0.05, 0.1) is 10.0 Å². The Bertz CT molecular complexity index is 733. The Balaban J connectivity index is 1.94. The third-order valence-corrected chi connectivity index (χ3v) is 3.84. The normalized spacial score (nSPS) is 10.4. The Morgan fingerprint density at radius 1 is 1.41 bits per heavy atom. The van der Waals surface area contributed by atoms with Gasteiger partial charge in [-0.3, -0.25) is 4.79 Å². The van der Waals surface area contributed by atoms with E-state index in [1.165, 1.54) is 18.3 Å². The summed E-state index contributed by atoms with van der Waals surface area (Å²) in [4.78, 5) is 27.3. The molecule has 2 rings (SSSR count). The lowest BCUT2D eigenvalue weighted by Crippen LogP contribution is -2.21. The number of nitrogens with one attached hydrogen (secondary N) is 1. The molecule has 0 spiro atoms. The average molecular weight is 408 g/mol. The second-order valence-corrected chi connectivity index (χ2v) is 5.69. The van der Waals surface area contributed by atoms with Crippen LogP contribution in [0.2, 0.25) is 10.0 Å². The highest BCUT2D eigenvalue weighted by Crippen LogP contribution is 2.28. The summed E-state index contributed by atoms with van der Waals surface area (Å²) in [7, 11) is 0. The number of ether oxygens (including phenoxy) is 1. The van der Waals surface area contributed by atoms with Crippen molar-refractivity contribution >= 4 is 56.8 Å². The van der Waals surface area contributed by atoms with E-state index in [4.69, 9.17) is 32.4 Å². The molecular formula is C13H9BrCl2N2O4. The molecule has 2 heterocycles. The number of esters is 1. The summed E-state index contributed by atoms with van der Waals surface area (Å²) in [6.45, 7) is 1.19. The summed E-state index contributed by atoms with van der Waals surface area (Å²) in [6.07, 6.45) is 1.37. The SMILES string of the molecule is Cc1c(Cl)cnc(NC(=O)COC(=O)c2ccc(Br)o2)c1Cl. The topological polar surface area (TPSA) is 81.4 Å². The molecule has 0 saturated carbocycles. The zero-order valence-electron chi connectivity index (χ0n) is 11.2. The molecule has 1 amide bonds. The summed E-state index contributed by atoms with van der Waals surface area (Å²) < 4.78 is 10.2. The van der Waals surface area contributed by atoms with Gasteiger partial charge in [-0.2, -0.15) is 0 Å². The number of hydrogen-bond donors (Lipinski definition) is 1. The van der Waals surface area contributed by atoms with Crippen LogP contribution in [0.5, 0.6) is 0 Å². The second kappa shape index (κ2) is 7.13. The Morgan fingerprint density at radius 2 is 2.14 bits per heavy atom. The molecule has 0 atom stereocenters. The van der Waals surface area contributed by atoms with Gasteiger partial charge in [-0.1, -0.05) is 23.2 Å². The van der Waals surface area contributed by atoms with Crippen LogP contribution >= 0.6 is 39.1 Å². The maximum Gasteiger partial charge on any atom is 0.374 e.